The SMILES string of the molecule is Cc1nc2sccn2c1/C=C(\C#N)c1nc(-c2ccccc2)cs1. The van der Waals surface area contributed by atoms with Gasteiger partial charge in [-0.3, -0.25) is 4.40 Å². The number of rotatable bonds is 3. The molecular weight excluding hydrogens is 336 g/mol. The largest absolute Gasteiger partial charge is 0.291 e. The minimum Gasteiger partial charge on any atom is -0.291 e. The molecule has 1 aromatic carbocycles. The van der Waals surface area contributed by atoms with Crippen LogP contribution in [0.3, 0.4) is 0 Å². The van der Waals surface area contributed by atoms with Crippen LogP contribution in [0.1, 0.15) is 16.4 Å². The van der Waals surface area contributed by atoms with Crippen molar-refractivity contribution in [3.8, 4) is 17.3 Å². The standard InChI is InChI=1S/C18H12N4S2/c1-12-16(22-7-8-23-18(22)20-12)9-14(10-19)17-21-15(11-24-17)13-5-3-2-4-6-13/h2-9,11H,1H3/b14-9+. The molecule has 3 heterocycles. The zero-order valence-corrected chi connectivity index (χ0v) is 14.4. The van der Waals surface area contributed by atoms with E-state index >= 15 is 0 Å². The van der Waals surface area contributed by atoms with Gasteiger partial charge in [0.25, 0.3) is 0 Å². The second-order valence-electron chi connectivity index (χ2n) is 5.21. The number of aryl methyl sites for hydroxylation is 1. The second-order valence-corrected chi connectivity index (χ2v) is 6.94. The average molecular weight is 348 g/mol. The Morgan fingerprint density at radius 3 is 2.83 bits per heavy atom. The molecule has 116 valence electrons. The molecule has 4 rings (SSSR count). The normalized spacial score (nSPS) is 11.8. The molecule has 3 aromatic heterocycles. The van der Waals surface area contributed by atoms with Gasteiger partial charge in [0.05, 0.1) is 22.7 Å². The maximum Gasteiger partial charge on any atom is 0.194 e. The Hall–Kier alpha value is -2.75. The van der Waals surface area contributed by atoms with E-state index < -0.39 is 0 Å². The summed E-state index contributed by atoms with van der Waals surface area (Å²) < 4.78 is 2.00. The summed E-state index contributed by atoms with van der Waals surface area (Å²) in [6.07, 6.45) is 3.84. The van der Waals surface area contributed by atoms with Gasteiger partial charge in [-0.15, -0.1) is 22.7 Å². The third-order valence-electron chi connectivity index (χ3n) is 3.69. The number of fused-ring (bicyclic) bond motifs is 1. The molecule has 4 aromatic rings. The van der Waals surface area contributed by atoms with Crippen LogP contribution < -0.4 is 0 Å². The van der Waals surface area contributed by atoms with Crippen LogP contribution in [0.25, 0.3) is 27.9 Å². The third kappa shape index (κ3) is 2.54. The van der Waals surface area contributed by atoms with E-state index in [1.165, 1.54) is 11.3 Å². The zero-order valence-electron chi connectivity index (χ0n) is 12.8. The fourth-order valence-corrected chi connectivity index (χ4v) is 4.06. The highest BCUT2D eigenvalue weighted by Crippen LogP contribution is 2.28. The smallest absolute Gasteiger partial charge is 0.194 e. The summed E-state index contributed by atoms with van der Waals surface area (Å²) >= 11 is 3.06. The summed E-state index contributed by atoms with van der Waals surface area (Å²) in [6, 6.07) is 12.3. The van der Waals surface area contributed by atoms with Crippen LogP contribution in [-0.4, -0.2) is 14.4 Å². The zero-order chi connectivity index (χ0) is 16.5. The Balaban J connectivity index is 1.77. The molecule has 0 N–H and O–H groups in total. The lowest BCUT2D eigenvalue weighted by molar-refractivity contribution is 1.19. The summed E-state index contributed by atoms with van der Waals surface area (Å²) in [5, 5.41) is 14.3. The molecule has 6 heteroatoms. The van der Waals surface area contributed by atoms with E-state index in [1.54, 1.807) is 11.3 Å². The van der Waals surface area contributed by atoms with Gasteiger partial charge in [-0.25, -0.2) is 9.97 Å². The van der Waals surface area contributed by atoms with Gasteiger partial charge >= 0.3 is 0 Å². The molecule has 0 aliphatic carbocycles. The fourth-order valence-electron chi connectivity index (χ4n) is 2.50. The van der Waals surface area contributed by atoms with E-state index in [9.17, 15) is 5.26 Å². The highest BCUT2D eigenvalue weighted by molar-refractivity contribution is 7.15. The molecule has 0 unspecified atom stereocenters. The number of hydrogen-bond donors (Lipinski definition) is 0. The molecule has 0 spiro atoms. The van der Waals surface area contributed by atoms with Crippen molar-refractivity contribution in [3.05, 3.63) is 63.7 Å². The second kappa shape index (κ2) is 6.04. The number of nitrogens with zero attached hydrogens (tertiary/aromatic N) is 4. The Morgan fingerprint density at radius 1 is 1.21 bits per heavy atom. The molecule has 0 amide bonds. The van der Waals surface area contributed by atoms with E-state index in [2.05, 4.69) is 16.0 Å². The summed E-state index contributed by atoms with van der Waals surface area (Å²) in [6.45, 7) is 1.96. The maximum absolute atomic E-state index is 9.59. The third-order valence-corrected chi connectivity index (χ3v) is 5.32. The van der Waals surface area contributed by atoms with Gasteiger partial charge in [0.2, 0.25) is 0 Å². The van der Waals surface area contributed by atoms with E-state index in [-0.39, 0.29) is 0 Å². The Labute approximate surface area is 147 Å². The first kappa shape index (κ1) is 14.8. The number of imidazole rings is 1. The van der Waals surface area contributed by atoms with Crippen LogP contribution in [0.15, 0.2) is 47.3 Å². The first-order valence-corrected chi connectivity index (χ1v) is 9.07. The van der Waals surface area contributed by atoms with Crippen molar-refractivity contribution in [2.75, 3.05) is 0 Å². The van der Waals surface area contributed by atoms with Crippen molar-refractivity contribution in [2.45, 2.75) is 6.92 Å². The monoisotopic (exact) mass is 348 g/mol. The highest BCUT2D eigenvalue weighted by atomic mass is 32.1. The molecule has 0 saturated heterocycles. The van der Waals surface area contributed by atoms with Crippen LogP contribution in [0.4, 0.5) is 0 Å². The Kier molecular flexibility index (Phi) is 3.73. The number of benzene rings is 1. The topological polar surface area (TPSA) is 54.0 Å². The van der Waals surface area contributed by atoms with Gasteiger partial charge in [0.15, 0.2) is 4.96 Å². The van der Waals surface area contributed by atoms with Crippen molar-refractivity contribution >= 4 is 39.3 Å². The molecule has 0 aliphatic rings. The summed E-state index contributed by atoms with van der Waals surface area (Å²) in [5.41, 5.74) is 4.34. The van der Waals surface area contributed by atoms with Crippen molar-refractivity contribution in [1.29, 1.82) is 5.26 Å². The molecule has 0 fully saturated rings. The predicted octanol–water partition coefficient (Wildman–Crippen LogP) is 4.89. The van der Waals surface area contributed by atoms with Crippen LogP contribution in [0.2, 0.25) is 0 Å². The van der Waals surface area contributed by atoms with Crippen molar-refractivity contribution in [3.63, 3.8) is 0 Å². The van der Waals surface area contributed by atoms with Gasteiger partial charge in [-0.05, 0) is 13.0 Å². The molecule has 0 radical (unpaired) electrons. The summed E-state index contributed by atoms with van der Waals surface area (Å²) in [7, 11) is 0. The summed E-state index contributed by atoms with van der Waals surface area (Å²) in [5.74, 6) is 0. The van der Waals surface area contributed by atoms with Gasteiger partial charge in [-0.1, -0.05) is 30.3 Å². The predicted molar refractivity (Wildman–Crippen MR) is 98.8 cm³/mol. The molecular formula is C18H12N4S2. The summed E-state index contributed by atoms with van der Waals surface area (Å²) in [4.78, 5) is 10.1. The number of hydrogen-bond acceptors (Lipinski definition) is 5. The number of nitriles is 1. The van der Waals surface area contributed by atoms with Crippen LogP contribution in [0, 0.1) is 18.3 Å². The molecule has 0 aliphatic heterocycles. The highest BCUT2D eigenvalue weighted by Gasteiger charge is 2.12. The lowest BCUT2D eigenvalue weighted by Crippen LogP contribution is -1.87. The molecule has 0 atom stereocenters. The Morgan fingerprint density at radius 2 is 2.04 bits per heavy atom. The van der Waals surface area contributed by atoms with Crippen molar-refractivity contribution < 1.29 is 0 Å². The quantitative estimate of drug-likeness (QED) is 0.495. The van der Waals surface area contributed by atoms with E-state index in [0.717, 1.165) is 32.6 Å². The van der Waals surface area contributed by atoms with E-state index in [1.807, 2.05) is 64.7 Å². The number of aromatic nitrogens is 3. The van der Waals surface area contributed by atoms with Gasteiger partial charge < -0.3 is 0 Å². The van der Waals surface area contributed by atoms with E-state index in [0.29, 0.717) is 5.57 Å². The van der Waals surface area contributed by atoms with Crippen LogP contribution in [0.5, 0.6) is 0 Å². The lowest BCUT2D eigenvalue weighted by Gasteiger charge is -1.97. The number of allylic oxidation sites excluding steroid dienone is 1. The lowest BCUT2D eigenvalue weighted by atomic mass is 10.2. The molecule has 0 bridgehead atoms. The van der Waals surface area contributed by atoms with Gasteiger partial charge in [-0.2, -0.15) is 5.26 Å². The first-order valence-electron chi connectivity index (χ1n) is 7.31. The average Bonchev–Trinajstić information content (AvgIpc) is 3.31. The molecule has 0 saturated carbocycles. The van der Waals surface area contributed by atoms with E-state index in [4.69, 9.17) is 0 Å². The molecule has 4 nitrogen and oxygen atoms in total. The van der Waals surface area contributed by atoms with Crippen LogP contribution >= 0.6 is 22.7 Å². The Bertz CT molecular complexity index is 1080. The van der Waals surface area contributed by atoms with Crippen molar-refractivity contribution in [2.24, 2.45) is 0 Å². The maximum atomic E-state index is 9.59. The minimum absolute atomic E-state index is 0.554. The fraction of sp³-hybridized carbons (Fsp3) is 0.0556. The van der Waals surface area contributed by atoms with Crippen molar-refractivity contribution in [1.82, 2.24) is 14.4 Å². The van der Waals surface area contributed by atoms with Crippen LogP contribution in [-0.2, 0) is 0 Å². The number of thiazole rings is 2. The minimum atomic E-state index is 0.554. The van der Waals surface area contributed by atoms with Gasteiger partial charge in [0, 0.05) is 22.5 Å². The first-order chi connectivity index (χ1) is 11.8. The van der Waals surface area contributed by atoms with Gasteiger partial charge in [0.1, 0.15) is 11.1 Å². The molecule has 24 heavy (non-hydrogen) atoms.